The molecule has 1 heterocycles. The summed E-state index contributed by atoms with van der Waals surface area (Å²) in [5.74, 6) is 0. The van der Waals surface area contributed by atoms with E-state index in [-0.39, 0.29) is 0 Å². The SMILES string of the molecule is CC(C)n1ccc(CC(N)=S)n1. The van der Waals surface area contributed by atoms with Gasteiger partial charge in [0.15, 0.2) is 0 Å². The Bertz CT molecular complexity index is 278. The first-order valence-corrected chi connectivity index (χ1v) is 4.32. The van der Waals surface area contributed by atoms with E-state index in [1.54, 1.807) is 0 Å². The number of rotatable bonds is 3. The third-order valence-electron chi connectivity index (χ3n) is 1.55. The first-order valence-electron chi connectivity index (χ1n) is 3.92. The van der Waals surface area contributed by atoms with Crippen LogP contribution in [0.15, 0.2) is 12.3 Å². The monoisotopic (exact) mass is 183 g/mol. The fraction of sp³-hybridized carbons (Fsp3) is 0.500. The molecule has 0 fully saturated rings. The van der Waals surface area contributed by atoms with Crippen LogP contribution in [-0.2, 0) is 6.42 Å². The zero-order chi connectivity index (χ0) is 9.14. The summed E-state index contributed by atoms with van der Waals surface area (Å²) in [7, 11) is 0. The van der Waals surface area contributed by atoms with E-state index in [0.717, 1.165) is 5.69 Å². The molecule has 1 aromatic heterocycles. The maximum Gasteiger partial charge on any atom is 0.0788 e. The van der Waals surface area contributed by atoms with Crippen LogP contribution >= 0.6 is 12.2 Å². The van der Waals surface area contributed by atoms with Crippen molar-refractivity contribution in [2.45, 2.75) is 26.3 Å². The van der Waals surface area contributed by atoms with Gasteiger partial charge in [-0.1, -0.05) is 12.2 Å². The van der Waals surface area contributed by atoms with Crippen molar-refractivity contribution in [3.63, 3.8) is 0 Å². The minimum absolute atomic E-state index is 0.394. The highest BCUT2D eigenvalue weighted by Crippen LogP contribution is 2.04. The predicted molar refractivity (Wildman–Crippen MR) is 53.1 cm³/mol. The first kappa shape index (κ1) is 9.19. The highest BCUT2D eigenvalue weighted by molar-refractivity contribution is 7.80. The van der Waals surface area contributed by atoms with E-state index in [1.807, 2.05) is 16.9 Å². The zero-order valence-electron chi connectivity index (χ0n) is 7.32. The molecule has 0 aliphatic heterocycles. The number of thiocarbonyl (C=S) groups is 1. The van der Waals surface area contributed by atoms with Crippen molar-refractivity contribution in [2.24, 2.45) is 5.73 Å². The molecular weight excluding hydrogens is 170 g/mol. The van der Waals surface area contributed by atoms with Crippen molar-refractivity contribution in [1.29, 1.82) is 0 Å². The van der Waals surface area contributed by atoms with Gasteiger partial charge in [0.25, 0.3) is 0 Å². The number of hydrogen-bond donors (Lipinski definition) is 1. The van der Waals surface area contributed by atoms with Crippen molar-refractivity contribution < 1.29 is 0 Å². The molecule has 0 amide bonds. The Balaban J connectivity index is 2.70. The Morgan fingerprint density at radius 2 is 2.42 bits per heavy atom. The topological polar surface area (TPSA) is 43.8 Å². The third kappa shape index (κ3) is 2.30. The largest absolute Gasteiger partial charge is 0.393 e. The molecule has 4 heteroatoms. The predicted octanol–water partition coefficient (Wildman–Crippen LogP) is 1.29. The van der Waals surface area contributed by atoms with Gasteiger partial charge in [0.2, 0.25) is 0 Å². The van der Waals surface area contributed by atoms with E-state index < -0.39 is 0 Å². The van der Waals surface area contributed by atoms with E-state index in [4.69, 9.17) is 18.0 Å². The molecule has 12 heavy (non-hydrogen) atoms. The second-order valence-electron chi connectivity index (χ2n) is 3.02. The van der Waals surface area contributed by atoms with Crippen LogP contribution in [0.5, 0.6) is 0 Å². The van der Waals surface area contributed by atoms with Crippen molar-refractivity contribution in [1.82, 2.24) is 9.78 Å². The van der Waals surface area contributed by atoms with Gasteiger partial charge in [-0.15, -0.1) is 0 Å². The molecule has 3 nitrogen and oxygen atoms in total. The summed E-state index contributed by atoms with van der Waals surface area (Å²) in [5.41, 5.74) is 6.33. The lowest BCUT2D eigenvalue weighted by molar-refractivity contribution is 0.528. The third-order valence-corrected chi connectivity index (χ3v) is 1.69. The lowest BCUT2D eigenvalue weighted by Gasteiger charge is -2.03. The lowest BCUT2D eigenvalue weighted by Crippen LogP contribution is -2.12. The number of hydrogen-bond acceptors (Lipinski definition) is 2. The van der Waals surface area contributed by atoms with Crippen LogP contribution in [0.4, 0.5) is 0 Å². The fourth-order valence-corrected chi connectivity index (χ4v) is 1.09. The fourth-order valence-electron chi connectivity index (χ4n) is 0.938. The Labute approximate surface area is 77.6 Å². The molecule has 0 saturated carbocycles. The van der Waals surface area contributed by atoms with Gasteiger partial charge in [0.1, 0.15) is 0 Å². The van der Waals surface area contributed by atoms with Crippen LogP contribution in [0.2, 0.25) is 0 Å². The number of aromatic nitrogens is 2. The van der Waals surface area contributed by atoms with E-state index in [1.165, 1.54) is 0 Å². The Morgan fingerprint density at radius 3 is 2.83 bits per heavy atom. The quantitative estimate of drug-likeness (QED) is 0.718. The van der Waals surface area contributed by atoms with Crippen LogP contribution in [-0.4, -0.2) is 14.8 Å². The van der Waals surface area contributed by atoms with Crippen LogP contribution in [0.1, 0.15) is 25.6 Å². The molecule has 1 rings (SSSR count). The van der Waals surface area contributed by atoms with Crippen molar-refractivity contribution in [3.8, 4) is 0 Å². The minimum Gasteiger partial charge on any atom is -0.393 e. The summed E-state index contributed by atoms with van der Waals surface area (Å²) < 4.78 is 1.90. The summed E-state index contributed by atoms with van der Waals surface area (Å²) in [4.78, 5) is 0.490. The molecule has 0 radical (unpaired) electrons. The van der Waals surface area contributed by atoms with Crippen LogP contribution < -0.4 is 5.73 Å². The smallest absolute Gasteiger partial charge is 0.0788 e. The molecule has 0 unspecified atom stereocenters. The molecule has 66 valence electrons. The van der Waals surface area contributed by atoms with Crippen LogP contribution in [0.3, 0.4) is 0 Å². The maximum atomic E-state index is 5.39. The Hall–Kier alpha value is -0.900. The molecule has 0 bridgehead atoms. The second-order valence-corrected chi connectivity index (χ2v) is 3.55. The van der Waals surface area contributed by atoms with Gasteiger partial charge in [-0.3, -0.25) is 4.68 Å². The molecular formula is C8H13N3S. The first-order chi connectivity index (χ1) is 5.59. The molecule has 0 aliphatic rings. The molecule has 0 spiro atoms. The number of nitrogens with zero attached hydrogens (tertiary/aromatic N) is 2. The highest BCUT2D eigenvalue weighted by atomic mass is 32.1. The summed E-state index contributed by atoms with van der Waals surface area (Å²) in [5, 5.41) is 4.30. The van der Waals surface area contributed by atoms with E-state index in [2.05, 4.69) is 18.9 Å². The molecule has 0 aromatic carbocycles. The van der Waals surface area contributed by atoms with E-state index >= 15 is 0 Å². The average molecular weight is 183 g/mol. The Morgan fingerprint density at radius 1 is 1.75 bits per heavy atom. The van der Waals surface area contributed by atoms with Gasteiger partial charge in [0.05, 0.1) is 10.7 Å². The van der Waals surface area contributed by atoms with Crippen molar-refractivity contribution >= 4 is 17.2 Å². The summed E-state index contributed by atoms with van der Waals surface area (Å²) >= 11 is 4.78. The lowest BCUT2D eigenvalue weighted by atomic mass is 10.3. The molecule has 1 aromatic rings. The molecule has 2 N–H and O–H groups in total. The van der Waals surface area contributed by atoms with Gasteiger partial charge in [-0.05, 0) is 19.9 Å². The van der Waals surface area contributed by atoms with Gasteiger partial charge in [-0.25, -0.2) is 0 Å². The van der Waals surface area contributed by atoms with E-state index in [9.17, 15) is 0 Å². The highest BCUT2D eigenvalue weighted by Gasteiger charge is 2.02. The second kappa shape index (κ2) is 3.67. The minimum atomic E-state index is 0.394. The summed E-state index contributed by atoms with van der Waals surface area (Å²) in [6, 6.07) is 2.34. The van der Waals surface area contributed by atoms with Crippen LogP contribution in [0.25, 0.3) is 0 Å². The van der Waals surface area contributed by atoms with Crippen LogP contribution in [0, 0.1) is 0 Å². The Kier molecular flexibility index (Phi) is 2.81. The van der Waals surface area contributed by atoms with Gasteiger partial charge >= 0.3 is 0 Å². The molecule has 0 saturated heterocycles. The van der Waals surface area contributed by atoms with E-state index in [0.29, 0.717) is 17.5 Å². The normalized spacial score (nSPS) is 10.6. The van der Waals surface area contributed by atoms with Crippen molar-refractivity contribution in [2.75, 3.05) is 0 Å². The van der Waals surface area contributed by atoms with Gasteiger partial charge in [-0.2, -0.15) is 5.10 Å². The van der Waals surface area contributed by atoms with Gasteiger partial charge in [0, 0.05) is 18.7 Å². The number of nitrogens with two attached hydrogens (primary N) is 1. The van der Waals surface area contributed by atoms with Gasteiger partial charge < -0.3 is 5.73 Å². The summed E-state index contributed by atoms with van der Waals surface area (Å²) in [6.45, 7) is 4.16. The standard InChI is InChI=1S/C8H13N3S/c1-6(2)11-4-3-7(10-11)5-8(9)12/h3-4,6H,5H2,1-2H3,(H2,9,12). The molecule has 0 atom stereocenters. The molecule has 0 aliphatic carbocycles. The zero-order valence-corrected chi connectivity index (χ0v) is 8.14. The summed E-state index contributed by atoms with van der Waals surface area (Å²) in [6.07, 6.45) is 2.54. The van der Waals surface area contributed by atoms with Crippen molar-refractivity contribution in [3.05, 3.63) is 18.0 Å². The average Bonchev–Trinajstić information content (AvgIpc) is 2.34. The maximum absolute atomic E-state index is 5.39.